The van der Waals surface area contributed by atoms with Crippen LogP contribution in [0.15, 0.2) is 23.8 Å². The van der Waals surface area contributed by atoms with Gasteiger partial charge < -0.3 is 14.2 Å². The molecule has 3 rings (SSSR count). The topological polar surface area (TPSA) is 65.1 Å². The Balaban J connectivity index is 1.96. The van der Waals surface area contributed by atoms with Crippen molar-refractivity contribution in [1.29, 1.82) is 0 Å². The number of carbonyl (C=O) groups is 2. The number of rotatable bonds is 1. The molecule has 22 heavy (non-hydrogen) atoms. The van der Waals surface area contributed by atoms with Gasteiger partial charge in [-0.25, -0.2) is 4.79 Å². The smallest absolute Gasteiger partial charge is 0.334 e. The third kappa shape index (κ3) is 2.58. The summed E-state index contributed by atoms with van der Waals surface area (Å²) in [5, 5.41) is 0. The average Bonchev–Trinajstić information content (AvgIpc) is 2.98. The Kier molecular flexibility index (Phi) is 3.63. The molecule has 0 radical (unpaired) electrons. The van der Waals surface area contributed by atoms with Crippen LogP contribution >= 0.6 is 0 Å². The van der Waals surface area contributed by atoms with Crippen molar-refractivity contribution in [3.8, 4) is 0 Å². The lowest BCUT2D eigenvalue weighted by Gasteiger charge is -2.27. The number of carbonyl (C=O) groups excluding carboxylic acids is 2. The zero-order chi connectivity index (χ0) is 16.1. The number of hydrogen-bond donors (Lipinski definition) is 0. The molecule has 2 unspecified atom stereocenters. The fraction of sp³-hybridized carbons (Fsp3) is 0.647. The van der Waals surface area contributed by atoms with E-state index >= 15 is 0 Å². The molecule has 0 aromatic heterocycles. The van der Waals surface area contributed by atoms with Crippen molar-refractivity contribution in [3.63, 3.8) is 0 Å². The molecule has 2 saturated heterocycles. The van der Waals surface area contributed by atoms with E-state index in [0.29, 0.717) is 12.0 Å². The van der Waals surface area contributed by atoms with Crippen molar-refractivity contribution in [1.82, 2.24) is 0 Å². The zero-order valence-electron chi connectivity index (χ0n) is 13.3. The van der Waals surface area contributed by atoms with E-state index in [1.807, 2.05) is 13.8 Å². The molecule has 0 aromatic carbocycles. The SMILES string of the molecule is C=C1C(=O)O[C@@H]2C3O[C@]3(C)CCC=C(C)CC(OC(C)=O)[C@@H]12. The van der Waals surface area contributed by atoms with Crippen LogP contribution in [0.3, 0.4) is 0 Å². The van der Waals surface area contributed by atoms with Gasteiger partial charge >= 0.3 is 11.9 Å². The highest BCUT2D eigenvalue weighted by atomic mass is 16.6. The van der Waals surface area contributed by atoms with E-state index in [1.54, 1.807) is 0 Å². The van der Waals surface area contributed by atoms with E-state index in [-0.39, 0.29) is 23.6 Å². The maximum absolute atomic E-state index is 12.0. The lowest BCUT2D eigenvalue weighted by molar-refractivity contribution is -0.150. The maximum atomic E-state index is 12.0. The molecule has 5 atom stereocenters. The molecule has 0 spiro atoms. The fourth-order valence-corrected chi connectivity index (χ4v) is 3.63. The lowest BCUT2D eigenvalue weighted by atomic mass is 9.82. The van der Waals surface area contributed by atoms with Gasteiger partial charge in [-0.1, -0.05) is 18.2 Å². The first-order valence-electron chi connectivity index (χ1n) is 7.72. The quantitative estimate of drug-likeness (QED) is 0.322. The highest BCUT2D eigenvalue weighted by molar-refractivity contribution is 5.91. The van der Waals surface area contributed by atoms with E-state index in [9.17, 15) is 9.59 Å². The number of esters is 2. The molecular formula is C17H22O5. The Morgan fingerprint density at radius 2 is 2.23 bits per heavy atom. The zero-order valence-corrected chi connectivity index (χ0v) is 13.3. The second kappa shape index (κ2) is 5.23. The normalized spacial score (nSPS) is 41.0. The summed E-state index contributed by atoms with van der Waals surface area (Å²) in [6, 6.07) is 0. The van der Waals surface area contributed by atoms with Gasteiger partial charge in [0.1, 0.15) is 18.3 Å². The molecule has 2 aliphatic heterocycles. The van der Waals surface area contributed by atoms with Crippen LogP contribution in [0.2, 0.25) is 0 Å². The van der Waals surface area contributed by atoms with Crippen LogP contribution in [0, 0.1) is 5.92 Å². The molecule has 0 amide bonds. The third-order valence-electron chi connectivity index (χ3n) is 4.88. The number of epoxide rings is 1. The Morgan fingerprint density at radius 3 is 2.91 bits per heavy atom. The van der Waals surface area contributed by atoms with Crippen LogP contribution in [0.25, 0.3) is 0 Å². The van der Waals surface area contributed by atoms with Gasteiger partial charge in [0.2, 0.25) is 0 Å². The summed E-state index contributed by atoms with van der Waals surface area (Å²) >= 11 is 0. The molecule has 5 heteroatoms. The van der Waals surface area contributed by atoms with Gasteiger partial charge in [-0.15, -0.1) is 0 Å². The summed E-state index contributed by atoms with van der Waals surface area (Å²) < 4.78 is 16.8. The van der Waals surface area contributed by atoms with Crippen molar-refractivity contribution >= 4 is 11.9 Å². The minimum Gasteiger partial charge on any atom is -0.461 e. The molecule has 0 aromatic rings. The van der Waals surface area contributed by atoms with E-state index in [4.69, 9.17) is 14.2 Å². The third-order valence-corrected chi connectivity index (χ3v) is 4.88. The first-order valence-corrected chi connectivity index (χ1v) is 7.72. The standard InChI is InChI=1S/C17H22O5/c1-9-6-5-7-17(4)15(22-17)14-13(10(2)16(19)21-14)12(8-9)20-11(3)18/h6,12-15H,2,5,7-8H2,1,3-4H3/t12?,13-,14+,15?,17-/m1/s1. The molecule has 0 N–H and O–H groups in total. The molecular weight excluding hydrogens is 284 g/mol. The summed E-state index contributed by atoms with van der Waals surface area (Å²) in [5.74, 6) is -1.12. The first-order chi connectivity index (χ1) is 10.3. The van der Waals surface area contributed by atoms with Crippen molar-refractivity contribution in [2.45, 2.75) is 63.9 Å². The van der Waals surface area contributed by atoms with E-state index < -0.39 is 18.2 Å². The number of ether oxygens (including phenoxy) is 3. The molecule has 120 valence electrons. The van der Waals surface area contributed by atoms with E-state index in [1.165, 1.54) is 6.92 Å². The first kappa shape index (κ1) is 15.3. The fourth-order valence-electron chi connectivity index (χ4n) is 3.63. The van der Waals surface area contributed by atoms with Crippen molar-refractivity contribution in [3.05, 3.63) is 23.8 Å². The maximum Gasteiger partial charge on any atom is 0.334 e. The minimum absolute atomic E-state index is 0.148. The molecule has 0 bridgehead atoms. The Hall–Kier alpha value is -1.62. The largest absolute Gasteiger partial charge is 0.461 e. The predicted molar refractivity (Wildman–Crippen MR) is 79.0 cm³/mol. The van der Waals surface area contributed by atoms with E-state index in [2.05, 4.69) is 12.7 Å². The Morgan fingerprint density at radius 1 is 1.50 bits per heavy atom. The number of fused-ring (bicyclic) bond motifs is 3. The summed E-state index contributed by atoms with van der Waals surface area (Å²) in [4.78, 5) is 23.5. The van der Waals surface area contributed by atoms with Crippen LogP contribution in [0.1, 0.15) is 40.0 Å². The van der Waals surface area contributed by atoms with Gasteiger partial charge in [0.25, 0.3) is 0 Å². The average molecular weight is 306 g/mol. The summed E-state index contributed by atoms with van der Waals surface area (Å²) in [6.45, 7) is 9.30. The van der Waals surface area contributed by atoms with Crippen LogP contribution in [0.4, 0.5) is 0 Å². The summed E-state index contributed by atoms with van der Waals surface area (Å²) in [7, 11) is 0. The van der Waals surface area contributed by atoms with Gasteiger partial charge in [0, 0.05) is 18.9 Å². The predicted octanol–water partition coefficient (Wildman–Crippen LogP) is 2.30. The van der Waals surface area contributed by atoms with Crippen LogP contribution in [-0.2, 0) is 23.8 Å². The Bertz CT molecular complexity index is 563. The second-order valence-electron chi connectivity index (χ2n) is 6.71. The highest BCUT2D eigenvalue weighted by Crippen LogP contribution is 2.50. The van der Waals surface area contributed by atoms with Crippen molar-refractivity contribution in [2.75, 3.05) is 0 Å². The van der Waals surface area contributed by atoms with Crippen molar-refractivity contribution in [2.24, 2.45) is 5.92 Å². The van der Waals surface area contributed by atoms with Gasteiger partial charge in [-0.2, -0.15) is 0 Å². The molecule has 0 saturated carbocycles. The Labute approximate surface area is 130 Å². The molecule has 2 heterocycles. The molecule has 1 aliphatic carbocycles. The second-order valence-corrected chi connectivity index (χ2v) is 6.71. The monoisotopic (exact) mass is 306 g/mol. The van der Waals surface area contributed by atoms with Gasteiger partial charge in [-0.3, -0.25) is 4.79 Å². The van der Waals surface area contributed by atoms with Gasteiger partial charge in [0.15, 0.2) is 0 Å². The number of allylic oxidation sites excluding steroid dienone is 1. The van der Waals surface area contributed by atoms with Crippen LogP contribution in [0.5, 0.6) is 0 Å². The van der Waals surface area contributed by atoms with Crippen LogP contribution < -0.4 is 0 Å². The molecule has 3 aliphatic rings. The van der Waals surface area contributed by atoms with Gasteiger partial charge in [0.05, 0.1) is 11.5 Å². The minimum atomic E-state index is -0.441. The molecule has 2 fully saturated rings. The number of hydrogen-bond acceptors (Lipinski definition) is 5. The highest BCUT2D eigenvalue weighted by Gasteiger charge is 2.63. The lowest BCUT2D eigenvalue weighted by Crippen LogP contribution is -2.38. The van der Waals surface area contributed by atoms with Crippen LogP contribution in [-0.4, -0.2) is 35.9 Å². The van der Waals surface area contributed by atoms with Crippen molar-refractivity contribution < 1.29 is 23.8 Å². The van der Waals surface area contributed by atoms with E-state index in [0.717, 1.165) is 18.4 Å². The van der Waals surface area contributed by atoms with Gasteiger partial charge in [-0.05, 0) is 26.7 Å². The summed E-state index contributed by atoms with van der Waals surface area (Å²) in [5.41, 5.74) is 1.24. The summed E-state index contributed by atoms with van der Waals surface area (Å²) in [6.07, 6.45) is 3.52. The molecule has 5 nitrogen and oxygen atoms in total.